The Morgan fingerprint density at radius 3 is 2.50 bits per heavy atom. The van der Waals surface area contributed by atoms with E-state index in [-0.39, 0.29) is 6.04 Å². The molecular formula is C16H24BrClN2. The SMILES string of the molecule is CC(C)C1CCN(C(CN)c2ccc(Br)c(Cl)c2)CC1. The smallest absolute Gasteiger partial charge is 0.0551 e. The first-order valence-electron chi connectivity index (χ1n) is 7.42. The van der Waals surface area contributed by atoms with Gasteiger partial charge in [0.1, 0.15) is 0 Å². The molecule has 1 fully saturated rings. The van der Waals surface area contributed by atoms with Crippen LogP contribution in [0.4, 0.5) is 0 Å². The van der Waals surface area contributed by atoms with Gasteiger partial charge in [0.25, 0.3) is 0 Å². The Kier molecular flexibility index (Phi) is 5.91. The summed E-state index contributed by atoms with van der Waals surface area (Å²) in [5, 5.41) is 0.762. The highest BCUT2D eigenvalue weighted by Crippen LogP contribution is 2.32. The molecular weight excluding hydrogens is 336 g/mol. The van der Waals surface area contributed by atoms with Crippen molar-refractivity contribution >= 4 is 27.5 Å². The molecule has 0 aromatic heterocycles. The van der Waals surface area contributed by atoms with Crippen molar-refractivity contribution in [3.05, 3.63) is 33.3 Å². The predicted molar refractivity (Wildman–Crippen MR) is 90.1 cm³/mol. The van der Waals surface area contributed by atoms with Crippen LogP contribution < -0.4 is 5.73 Å². The Hall–Kier alpha value is -0.0900. The standard InChI is InChI=1S/C16H24BrClN2/c1-11(2)12-5-7-20(8-6-12)16(10-19)13-3-4-14(17)15(18)9-13/h3-4,9,11-12,16H,5-8,10,19H2,1-2H3. The Bertz CT molecular complexity index is 442. The number of likely N-dealkylation sites (tertiary alicyclic amines) is 1. The lowest BCUT2D eigenvalue weighted by Gasteiger charge is -2.38. The Morgan fingerprint density at radius 2 is 2.00 bits per heavy atom. The maximum absolute atomic E-state index is 6.21. The van der Waals surface area contributed by atoms with E-state index in [1.165, 1.54) is 18.4 Å². The first kappa shape index (κ1) is 16.3. The van der Waals surface area contributed by atoms with E-state index < -0.39 is 0 Å². The molecule has 1 atom stereocenters. The fourth-order valence-electron chi connectivity index (χ4n) is 3.11. The summed E-state index contributed by atoms with van der Waals surface area (Å²) in [5.74, 6) is 1.65. The van der Waals surface area contributed by atoms with Gasteiger partial charge in [-0.25, -0.2) is 0 Å². The average Bonchev–Trinajstić information content (AvgIpc) is 2.44. The van der Waals surface area contributed by atoms with Gasteiger partial charge in [-0.05, 0) is 71.4 Å². The molecule has 0 bridgehead atoms. The van der Waals surface area contributed by atoms with Gasteiger partial charge in [-0.2, -0.15) is 0 Å². The van der Waals surface area contributed by atoms with Crippen molar-refractivity contribution in [1.29, 1.82) is 0 Å². The van der Waals surface area contributed by atoms with Crippen LogP contribution in [0.1, 0.15) is 38.3 Å². The third-order valence-electron chi connectivity index (χ3n) is 4.51. The normalized spacial score (nSPS) is 19.5. The Morgan fingerprint density at radius 1 is 1.35 bits per heavy atom. The summed E-state index contributed by atoms with van der Waals surface area (Å²) >= 11 is 9.66. The van der Waals surface area contributed by atoms with Crippen LogP contribution in [0.5, 0.6) is 0 Å². The molecule has 1 aliphatic heterocycles. The minimum atomic E-state index is 0.286. The number of halogens is 2. The van der Waals surface area contributed by atoms with Gasteiger partial charge in [0.15, 0.2) is 0 Å². The number of nitrogens with zero attached hydrogens (tertiary/aromatic N) is 1. The first-order valence-corrected chi connectivity index (χ1v) is 8.59. The monoisotopic (exact) mass is 358 g/mol. The maximum atomic E-state index is 6.21. The van der Waals surface area contributed by atoms with E-state index in [0.29, 0.717) is 6.54 Å². The molecule has 0 amide bonds. The van der Waals surface area contributed by atoms with Gasteiger partial charge < -0.3 is 5.73 Å². The lowest BCUT2D eigenvalue weighted by atomic mass is 9.86. The number of benzene rings is 1. The van der Waals surface area contributed by atoms with Crippen LogP contribution in [0.2, 0.25) is 5.02 Å². The molecule has 112 valence electrons. The second kappa shape index (κ2) is 7.26. The van der Waals surface area contributed by atoms with E-state index in [9.17, 15) is 0 Å². The maximum Gasteiger partial charge on any atom is 0.0551 e. The zero-order valence-electron chi connectivity index (χ0n) is 12.3. The molecule has 20 heavy (non-hydrogen) atoms. The van der Waals surface area contributed by atoms with Crippen molar-refractivity contribution < 1.29 is 0 Å². The fourth-order valence-corrected chi connectivity index (χ4v) is 3.55. The average molecular weight is 360 g/mol. The Balaban J connectivity index is 2.07. The van der Waals surface area contributed by atoms with Crippen molar-refractivity contribution in [2.75, 3.05) is 19.6 Å². The summed E-state index contributed by atoms with van der Waals surface area (Å²) in [6.45, 7) is 7.57. The number of piperidine rings is 1. The Labute approximate surface area is 135 Å². The molecule has 1 heterocycles. The molecule has 0 saturated carbocycles. The molecule has 4 heteroatoms. The first-order chi connectivity index (χ1) is 9.52. The zero-order valence-corrected chi connectivity index (χ0v) is 14.6. The second-order valence-corrected chi connectivity index (χ2v) is 7.30. The molecule has 0 aliphatic carbocycles. The van der Waals surface area contributed by atoms with Crippen LogP contribution >= 0.6 is 27.5 Å². The van der Waals surface area contributed by atoms with Gasteiger partial charge in [-0.3, -0.25) is 4.90 Å². The van der Waals surface area contributed by atoms with Crippen molar-refractivity contribution in [3.8, 4) is 0 Å². The summed E-state index contributed by atoms with van der Waals surface area (Å²) < 4.78 is 0.942. The summed E-state index contributed by atoms with van der Waals surface area (Å²) in [5.41, 5.74) is 7.25. The predicted octanol–water partition coefficient (Wildman–Crippen LogP) is 4.47. The largest absolute Gasteiger partial charge is 0.329 e. The summed E-state index contributed by atoms with van der Waals surface area (Å²) in [6.07, 6.45) is 2.55. The lowest BCUT2D eigenvalue weighted by Crippen LogP contribution is -2.40. The number of hydrogen-bond acceptors (Lipinski definition) is 2. The fraction of sp³-hybridized carbons (Fsp3) is 0.625. The van der Waals surface area contributed by atoms with Gasteiger partial charge in [0, 0.05) is 17.1 Å². The van der Waals surface area contributed by atoms with E-state index in [0.717, 1.165) is 34.4 Å². The highest BCUT2D eigenvalue weighted by molar-refractivity contribution is 9.10. The molecule has 1 aliphatic rings. The molecule has 1 unspecified atom stereocenters. The molecule has 0 spiro atoms. The molecule has 0 radical (unpaired) electrons. The highest BCUT2D eigenvalue weighted by atomic mass is 79.9. The van der Waals surface area contributed by atoms with Crippen molar-refractivity contribution in [1.82, 2.24) is 4.90 Å². The molecule has 2 nitrogen and oxygen atoms in total. The summed E-state index contributed by atoms with van der Waals surface area (Å²) in [4.78, 5) is 2.51. The van der Waals surface area contributed by atoms with Crippen molar-refractivity contribution in [2.45, 2.75) is 32.7 Å². The summed E-state index contributed by atoms with van der Waals surface area (Å²) in [7, 11) is 0. The van der Waals surface area contributed by atoms with Crippen LogP contribution in [0, 0.1) is 11.8 Å². The molecule has 1 saturated heterocycles. The number of hydrogen-bond donors (Lipinski definition) is 1. The summed E-state index contributed by atoms with van der Waals surface area (Å²) in [6, 6.07) is 6.47. The van der Waals surface area contributed by atoms with E-state index in [1.807, 2.05) is 12.1 Å². The van der Waals surface area contributed by atoms with E-state index in [1.54, 1.807) is 0 Å². The van der Waals surface area contributed by atoms with Crippen LogP contribution in [0.15, 0.2) is 22.7 Å². The lowest BCUT2D eigenvalue weighted by molar-refractivity contribution is 0.117. The van der Waals surface area contributed by atoms with Crippen LogP contribution in [0.3, 0.4) is 0 Å². The topological polar surface area (TPSA) is 29.3 Å². The minimum Gasteiger partial charge on any atom is -0.329 e. The third-order valence-corrected chi connectivity index (χ3v) is 5.74. The van der Waals surface area contributed by atoms with Gasteiger partial charge >= 0.3 is 0 Å². The van der Waals surface area contributed by atoms with Crippen LogP contribution in [-0.2, 0) is 0 Å². The second-order valence-electron chi connectivity index (χ2n) is 6.04. The van der Waals surface area contributed by atoms with Crippen molar-refractivity contribution in [3.63, 3.8) is 0 Å². The van der Waals surface area contributed by atoms with Gasteiger partial charge in [0.05, 0.1) is 5.02 Å². The molecule has 2 rings (SSSR count). The zero-order chi connectivity index (χ0) is 14.7. The van der Waals surface area contributed by atoms with Crippen molar-refractivity contribution in [2.24, 2.45) is 17.6 Å². The van der Waals surface area contributed by atoms with Gasteiger partial charge in [-0.1, -0.05) is 31.5 Å². The minimum absolute atomic E-state index is 0.286. The quantitative estimate of drug-likeness (QED) is 0.859. The van der Waals surface area contributed by atoms with Crippen LogP contribution in [0.25, 0.3) is 0 Å². The molecule has 1 aromatic rings. The van der Waals surface area contributed by atoms with E-state index in [4.69, 9.17) is 17.3 Å². The number of nitrogens with two attached hydrogens (primary N) is 1. The van der Waals surface area contributed by atoms with Crippen LogP contribution in [-0.4, -0.2) is 24.5 Å². The molecule has 1 aromatic carbocycles. The highest BCUT2D eigenvalue weighted by Gasteiger charge is 2.26. The third kappa shape index (κ3) is 3.76. The van der Waals surface area contributed by atoms with Gasteiger partial charge in [0.2, 0.25) is 0 Å². The van der Waals surface area contributed by atoms with Gasteiger partial charge in [-0.15, -0.1) is 0 Å². The van der Waals surface area contributed by atoms with E-state index >= 15 is 0 Å². The van der Waals surface area contributed by atoms with E-state index in [2.05, 4.69) is 40.7 Å². The number of rotatable bonds is 4. The molecule has 2 N–H and O–H groups in total.